The molecule has 32 heavy (non-hydrogen) atoms. The molecule has 0 aliphatic heterocycles. The van der Waals surface area contributed by atoms with E-state index in [4.69, 9.17) is 79.1 Å². The summed E-state index contributed by atoms with van der Waals surface area (Å²) >= 11 is 36.1. The van der Waals surface area contributed by atoms with Crippen LogP contribution in [0.2, 0.25) is 0 Å². The Balaban J connectivity index is 2.32. The lowest BCUT2D eigenvalue weighted by Crippen LogP contribution is -2.38. The molecule has 0 amide bonds. The monoisotopic (exact) mass is 564 g/mol. The normalized spacial score (nSPS) is 15.0. The molecule has 0 aliphatic carbocycles. The molecule has 2 aromatic rings. The van der Waals surface area contributed by atoms with Crippen LogP contribution >= 0.6 is 69.6 Å². The number of ether oxygens (including phenoxy) is 2. The van der Waals surface area contributed by atoms with Gasteiger partial charge in [0.2, 0.25) is 10.1 Å². The summed E-state index contributed by atoms with van der Waals surface area (Å²) in [4.78, 5) is 29.7. The van der Waals surface area contributed by atoms with Gasteiger partial charge in [-0.2, -0.15) is 0 Å². The first kappa shape index (κ1) is 26.5. The van der Waals surface area contributed by atoms with Gasteiger partial charge in [-0.05, 0) is 24.3 Å². The average Bonchev–Trinajstić information content (AvgIpc) is 2.73. The van der Waals surface area contributed by atoms with Crippen molar-refractivity contribution < 1.29 is 24.1 Å². The van der Waals surface area contributed by atoms with Gasteiger partial charge in [0.05, 0.1) is 9.85 Å². The van der Waals surface area contributed by atoms with E-state index in [1.165, 1.54) is 24.3 Å². The second-order valence-corrected chi connectivity index (χ2v) is 9.27. The fraction of sp³-hybridized carbons (Fsp3) is 0.235. The van der Waals surface area contributed by atoms with Crippen molar-refractivity contribution in [1.82, 2.24) is 0 Å². The fourth-order valence-corrected chi connectivity index (χ4v) is 3.40. The van der Waals surface area contributed by atoms with Gasteiger partial charge in [-0.3, -0.25) is 20.2 Å². The zero-order valence-corrected chi connectivity index (χ0v) is 19.8. The van der Waals surface area contributed by atoms with Crippen molar-refractivity contribution in [2.45, 2.75) is 19.8 Å². The molecule has 0 bridgehead atoms. The molecule has 2 unspecified atom stereocenters. The second-order valence-electron chi connectivity index (χ2n) is 5.95. The summed E-state index contributed by atoms with van der Waals surface area (Å²) in [5.74, 6) is 0. The summed E-state index contributed by atoms with van der Waals surface area (Å²) in [7, 11) is 0. The van der Waals surface area contributed by atoms with Crippen LogP contribution in [-0.4, -0.2) is 25.7 Å². The van der Waals surface area contributed by atoms with Gasteiger partial charge in [0.15, 0.2) is 9.67 Å². The maximum Gasteiger partial charge on any atom is 0.512 e. The number of non-ortho nitro benzene ring substituents is 2. The van der Waals surface area contributed by atoms with Crippen molar-refractivity contribution in [3.8, 4) is 0 Å². The van der Waals surface area contributed by atoms with E-state index in [0.29, 0.717) is 0 Å². The van der Waals surface area contributed by atoms with E-state index in [-0.39, 0.29) is 22.5 Å². The Bertz CT molecular complexity index is 926. The largest absolute Gasteiger partial charge is 0.512 e. The van der Waals surface area contributed by atoms with Crippen molar-refractivity contribution in [3.05, 3.63) is 79.9 Å². The van der Waals surface area contributed by atoms with Crippen LogP contribution in [0.3, 0.4) is 0 Å². The van der Waals surface area contributed by atoms with Gasteiger partial charge in [0, 0.05) is 35.4 Å². The predicted octanol–water partition coefficient (Wildman–Crippen LogP) is 6.75. The summed E-state index contributed by atoms with van der Waals surface area (Å²) < 4.78 is 10.2. The Labute approximate surface area is 210 Å². The average molecular weight is 567 g/mol. The number of alkyl halides is 6. The summed E-state index contributed by atoms with van der Waals surface area (Å²) in [5, 5.41) is 17.2. The molecule has 0 N–H and O–H groups in total. The molecule has 0 saturated carbocycles. The zero-order chi connectivity index (χ0) is 24.3. The van der Waals surface area contributed by atoms with E-state index in [2.05, 4.69) is 0 Å². The van der Waals surface area contributed by atoms with Crippen molar-refractivity contribution in [3.63, 3.8) is 0 Å². The van der Waals surface area contributed by atoms with Crippen molar-refractivity contribution in [1.29, 1.82) is 0 Å². The van der Waals surface area contributed by atoms with Crippen LogP contribution in [0, 0.1) is 20.2 Å². The van der Waals surface area contributed by atoms with Gasteiger partial charge in [0.25, 0.3) is 11.4 Å². The molecule has 0 aliphatic rings. The van der Waals surface area contributed by atoms with Crippen LogP contribution in [0.15, 0.2) is 48.5 Å². The number of nitro groups is 2. The first-order valence-corrected chi connectivity index (χ1v) is 10.7. The van der Waals surface area contributed by atoms with Crippen molar-refractivity contribution >= 4 is 87.1 Å². The number of nitro benzene ring substituents is 2. The smallest absolute Gasteiger partial charge is 0.404 e. The lowest BCUT2D eigenvalue weighted by molar-refractivity contribution is -0.385. The molecule has 0 radical (unpaired) electrons. The highest BCUT2D eigenvalue weighted by Crippen LogP contribution is 2.44. The van der Waals surface area contributed by atoms with Crippen molar-refractivity contribution in [2.75, 3.05) is 0 Å². The van der Waals surface area contributed by atoms with Crippen molar-refractivity contribution in [2.24, 2.45) is 0 Å². The minimum absolute atomic E-state index is 0.0134. The summed E-state index contributed by atoms with van der Waals surface area (Å²) in [5.41, 5.74) is -0.553. The number of nitrogens with zero attached hydrogens (tertiary/aromatic N) is 2. The number of halogens is 6. The Kier molecular flexibility index (Phi) is 8.66. The van der Waals surface area contributed by atoms with E-state index in [1.54, 1.807) is 0 Å². The molecular formula is C17H10Cl6N2O7. The molecule has 0 saturated heterocycles. The number of hydrogen-bond acceptors (Lipinski definition) is 7. The molecule has 0 heterocycles. The molecule has 0 aromatic heterocycles. The van der Waals surface area contributed by atoms with Crippen LogP contribution < -0.4 is 0 Å². The van der Waals surface area contributed by atoms with Gasteiger partial charge < -0.3 is 9.47 Å². The SMILES string of the molecule is O=C(OC(Cl)(c1ccc([N+](=O)[O-])cc1)C(Cl)Cl)OC(Cl)(c1ccc([N+](=O)[O-])cc1)C(Cl)Cl. The number of carbonyl (C=O) groups excluding carboxylic acids is 1. The minimum atomic E-state index is -2.24. The van der Waals surface area contributed by atoms with Crippen LogP contribution in [-0.2, 0) is 19.6 Å². The molecule has 2 aromatic carbocycles. The van der Waals surface area contributed by atoms with Crippen LogP contribution in [0.1, 0.15) is 11.1 Å². The molecular weight excluding hydrogens is 557 g/mol. The Morgan fingerprint density at radius 1 is 0.719 bits per heavy atom. The standard InChI is InChI=1S/C17H10Cl6N2O7/c18-13(19)16(22,9-1-5-11(6-2-9)24(27)28)31-15(26)32-17(23,14(20)21)10-3-7-12(8-4-10)25(29)30/h1-8,13-14H. The number of rotatable bonds is 8. The molecule has 9 nitrogen and oxygen atoms in total. The van der Waals surface area contributed by atoms with Crippen LogP contribution in [0.4, 0.5) is 16.2 Å². The third kappa shape index (κ3) is 5.78. The van der Waals surface area contributed by atoms with Crippen LogP contribution in [0.5, 0.6) is 0 Å². The van der Waals surface area contributed by atoms with Gasteiger partial charge in [-0.25, -0.2) is 4.79 Å². The van der Waals surface area contributed by atoms with E-state index in [9.17, 15) is 25.0 Å². The lowest BCUT2D eigenvalue weighted by atomic mass is 10.1. The lowest BCUT2D eigenvalue weighted by Gasteiger charge is -2.32. The summed E-state index contributed by atoms with van der Waals surface area (Å²) in [6.45, 7) is 0. The summed E-state index contributed by atoms with van der Waals surface area (Å²) in [6, 6.07) is 9.06. The van der Waals surface area contributed by atoms with E-state index < -0.39 is 35.8 Å². The third-order valence-corrected chi connectivity index (χ3v) is 6.67. The number of hydrogen-bond donors (Lipinski definition) is 0. The molecule has 2 rings (SSSR count). The molecule has 172 valence electrons. The highest BCUT2D eigenvalue weighted by molar-refractivity contribution is 6.50. The van der Waals surface area contributed by atoms with Gasteiger partial charge in [0.1, 0.15) is 0 Å². The van der Waals surface area contributed by atoms with Gasteiger partial charge in [-0.1, -0.05) is 69.6 Å². The molecule has 0 spiro atoms. The molecule has 0 fully saturated rings. The molecule has 2 atom stereocenters. The Morgan fingerprint density at radius 2 is 1.00 bits per heavy atom. The van der Waals surface area contributed by atoms with E-state index in [1.807, 2.05) is 0 Å². The Morgan fingerprint density at radius 3 is 1.22 bits per heavy atom. The summed E-state index contributed by atoms with van der Waals surface area (Å²) in [6.07, 6.45) is -1.51. The van der Waals surface area contributed by atoms with Gasteiger partial charge >= 0.3 is 6.16 Å². The second kappa shape index (κ2) is 10.5. The van der Waals surface area contributed by atoms with E-state index in [0.717, 1.165) is 24.3 Å². The molecule has 15 heteroatoms. The first-order chi connectivity index (χ1) is 14.8. The topological polar surface area (TPSA) is 122 Å². The fourth-order valence-electron chi connectivity index (χ4n) is 2.34. The number of carbonyl (C=O) groups is 1. The number of benzene rings is 2. The zero-order valence-electron chi connectivity index (χ0n) is 15.3. The quantitative estimate of drug-likeness (QED) is 0.150. The van der Waals surface area contributed by atoms with Crippen LogP contribution in [0.25, 0.3) is 0 Å². The third-order valence-electron chi connectivity index (χ3n) is 3.97. The maximum atomic E-state index is 12.5. The predicted molar refractivity (Wildman–Crippen MR) is 120 cm³/mol. The first-order valence-electron chi connectivity index (χ1n) is 8.17. The minimum Gasteiger partial charge on any atom is -0.404 e. The van der Waals surface area contributed by atoms with E-state index >= 15 is 0 Å². The highest BCUT2D eigenvalue weighted by atomic mass is 35.5. The van der Waals surface area contributed by atoms with Gasteiger partial charge in [-0.15, -0.1) is 0 Å². The highest BCUT2D eigenvalue weighted by Gasteiger charge is 2.47. The maximum absolute atomic E-state index is 12.5. The Hall–Kier alpha value is -1.75.